The van der Waals surface area contributed by atoms with Crippen molar-refractivity contribution in [2.45, 2.75) is 26.9 Å². The number of halogens is 1. The first kappa shape index (κ1) is 23.2. The molecule has 0 saturated heterocycles. The van der Waals surface area contributed by atoms with E-state index in [4.69, 9.17) is 21.1 Å². The van der Waals surface area contributed by atoms with Crippen LogP contribution >= 0.6 is 11.6 Å². The van der Waals surface area contributed by atoms with Gasteiger partial charge in [0.1, 0.15) is 5.75 Å². The zero-order valence-electron chi connectivity index (χ0n) is 17.2. The van der Waals surface area contributed by atoms with Gasteiger partial charge in [0, 0.05) is 29.4 Å². The lowest BCUT2D eigenvalue weighted by Gasteiger charge is -2.19. The standard InChI is InChI=1S/C22H25ClN2O5/c1-4-25(5-2)21(27)16-8-6-10-18(12-16)24-20(26)14-29-22(28)15(3)30-19-11-7-9-17(23)13-19/h6-13,15H,4-5,14H2,1-3H3,(H,24,26). The number of hydrogen-bond donors (Lipinski definition) is 1. The van der Waals surface area contributed by atoms with Gasteiger partial charge in [0.2, 0.25) is 0 Å². The molecule has 1 unspecified atom stereocenters. The molecule has 0 saturated carbocycles. The highest BCUT2D eigenvalue weighted by atomic mass is 35.5. The molecule has 0 radical (unpaired) electrons. The van der Waals surface area contributed by atoms with E-state index in [-0.39, 0.29) is 5.91 Å². The number of anilines is 1. The van der Waals surface area contributed by atoms with E-state index in [1.165, 1.54) is 6.92 Å². The Morgan fingerprint density at radius 2 is 1.77 bits per heavy atom. The fraction of sp³-hybridized carbons (Fsp3) is 0.318. The van der Waals surface area contributed by atoms with E-state index in [1.807, 2.05) is 13.8 Å². The van der Waals surface area contributed by atoms with Gasteiger partial charge in [-0.05, 0) is 57.2 Å². The molecule has 0 spiro atoms. The average molecular weight is 433 g/mol. The minimum atomic E-state index is -0.911. The number of nitrogens with one attached hydrogen (secondary N) is 1. The van der Waals surface area contributed by atoms with Gasteiger partial charge in [-0.3, -0.25) is 9.59 Å². The molecule has 0 heterocycles. The van der Waals surface area contributed by atoms with E-state index < -0.39 is 24.6 Å². The minimum absolute atomic E-state index is 0.116. The number of benzene rings is 2. The third-order valence-corrected chi connectivity index (χ3v) is 4.47. The molecule has 0 aliphatic rings. The van der Waals surface area contributed by atoms with Gasteiger partial charge < -0.3 is 19.7 Å². The summed E-state index contributed by atoms with van der Waals surface area (Å²) in [4.78, 5) is 38.3. The van der Waals surface area contributed by atoms with Gasteiger partial charge in [0.15, 0.2) is 12.7 Å². The van der Waals surface area contributed by atoms with Crippen LogP contribution in [0.5, 0.6) is 5.75 Å². The van der Waals surface area contributed by atoms with E-state index in [0.29, 0.717) is 35.1 Å². The first-order chi connectivity index (χ1) is 14.3. The van der Waals surface area contributed by atoms with Gasteiger partial charge in [-0.15, -0.1) is 0 Å². The number of esters is 1. The molecule has 7 nitrogen and oxygen atoms in total. The van der Waals surface area contributed by atoms with Gasteiger partial charge in [0.05, 0.1) is 0 Å². The molecule has 2 amide bonds. The zero-order chi connectivity index (χ0) is 22.1. The maximum Gasteiger partial charge on any atom is 0.347 e. The van der Waals surface area contributed by atoms with Crippen molar-refractivity contribution in [2.24, 2.45) is 0 Å². The summed E-state index contributed by atoms with van der Waals surface area (Å²) in [5.74, 6) is -0.901. The van der Waals surface area contributed by atoms with Crippen molar-refractivity contribution in [2.75, 3.05) is 25.0 Å². The summed E-state index contributed by atoms with van der Waals surface area (Å²) in [6, 6.07) is 13.2. The Kier molecular flexibility index (Phi) is 8.68. The molecular weight excluding hydrogens is 408 g/mol. The lowest BCUT2D eigenvalue weighted by molar-refractivity contribution is -0.153. The summed E-state index contributed by atoms with van der Waals surface area (Å²) < 4.78 is 10.5. The van der Waals surface area contributed by atoms with Crippen LogP contribution in [0.15, 0.2) is 48.5 Å². The Labute approximate surface area is 180 Å². The summed E-state index contributed by atoms with van der Waals surface area (Å²) in [7, 11) is 0. The molecule has 2 aromatic rings. The topological polar surface area (TPSA) is 84.9 Å². The van der Waals surface area contributed by atoms with Crippen LogP contribution in [0.1, 0.15) is 31.1 Å². The van der Waals surface area contributed by atoms with Crippen LogP contribution in [-0.4, -0.2) is 48.5 Å². The molecule has 160 valence electrons. The highest BCUT2D eigenvalue weighted by molar-refractivity contribution is 6.30. The third kappa shape index (κ3) is 6.77. The quantitative estimate of drug-likeness (QED) is 0.609. The highest BCUT2D eigenvalue weighted by Gasteiger charge is 2.18. The van der Waals surface area contributed by atoms with Crippen molar-refractivity contribution < 1.29 is 23.9 Å². The first-order valence-electron chi connectivity index (χ1n) is 9.62. The molecule has 0 aliphatic carbocycles. The van der Waals surface area contributed by atoms with Crippen molar-refractivity contribution >= 4 is 35.1 Å². The number of ether oxygens (including phenoxy) is 2. The van der Waals surface area contributed by atoms with Crippen molar-refractivity contribution in [3.8, 4) is 5.75 Å². The van der Waals surface area contributed by atoms with Crippen molar-refractivity contribution in [3.05, 3.63) is 59.1 Å². The van der Waals surface area contributed by atoms with Crippen molar-refractivity contribution in [1.82, 2.24) is 4.90 Å². The minimum Gasteiger partial charge on any atom is -0.479 e. The van der Waals surface area contributed by atoms with Crippen LogP contribution < -0.4 is 10.1 Å². The van der Waals surface area contributed by atoms with Crippen LogP contribution in [0.2, 0.25) is 5.02 Å². The Bertz CT molecular complexity index is 899. The Morgan fingerprint density at radius 1 is 1.07 bits per heavy atom. The van der Waals surface area contributed by atoms with Crippen LogP contribution in [-0.2, 0) is 14.3 Å². The lowest BCUT2D eigenvalue weighted by atomic mass is 10.1. The molecule has 0 aliphatic heterocycles. The van der Waals surface area contributed by atoms with E-state index in [2.05, 4.69) is 5.32 Å². The number of hydrogen-bond acceptors (Lipinski definition) is 5. The van der Waals surface area contributed by atoms with E-state index in [0.717, 1.165) is 0 Å². The van der Waals surface area contributed by atoms with Gasteiger partial charge in [-0.25, -0.2) is 4.79 Å². The molecule has 0 fully saturated rings. The number of rotatable bonds is 9. The van der Waals surface area contributed by atoms with E-state index >= 15 is 0 Å². The van der Waals surface area contributed by atoms with E-state index in [9.17, 15) is 14.4 Å². The number of amides is 2. The number of nitrogens with zero attached hydrogens (tertiary/aromatic N) is 1. The van der Waals surface area contributed by atoms with Crippen molar-refractivity contribution in [3.63, 3.8) is 0 Å². The summed E-state index contributed by atoms with van der Waals surface area (Å²) in [5.41, 5.74) is 0.911. The zero-order valence-corrected chi connectivity index (χ0v) is 17.9. The average Bonchev–Trinajstić information content (AvgIpc) is 2.73. The fourth-order valence-electron chi connectivity index (χ4n) is 2.67. The van der Waals surface area contributed by atoms with E-state index in [1.54, 1.807) is 53.4 Å². The normalized spacial score (nSPS) is 11.3. The fourth-order valence-corrected chi connectivity index (χ4v) is 2.85. The summed E-state index contributed by atoms with van der Waals surface area (Å²) in [5, 5.41) is 3.10. The Morgan fingerprint density at radius 3 is 2.43 bits per heavy atom. The van der Waals surface area contributed by atoms with Gasteiger partial charge in [-0.1, -0.05) is 23.7 Å². The number of carbonyl (C=O) groups is 3. The highest BCUT2D eigenvalue weighted by Crippen LogP contribution is 2.18. The van der Waals surface area contributed by atoms with Crippen LogP contribution in [0.4, 0.5) is 5.69 Å². The molecule has 1 atom stereocenters. The second-order valence-corrected chi connectivity index (χ2v) is 6.87. The van der Waals surface area contributed by atoms with Gasteiger partial charge >= 0.3 is 5.97 Å². The maximum atomic E-state index is 12.4. The molecule has 8 heteroatoms. The lowest BCUT2D eigenvalue weighted by Crippen LogP contribution is -2.31. The summed E-state index contributed by atoms with van der Waals surface area (Å²) in [6.07, 6.45) is -0.911. The smallest absolute Gasteiger partial charge is 0.347 e. The molecule has 0 bridgehead atoms. The van der Waals surface area contributed by atoms with Gasteiger partial charge in [0.25, 0.3) is 11.8 Å². The second kappa shape index (κ2) is 11.2. The summed E-state index contributed by atoms with van der Waals surface area (Å²) >= 11 is 5.88. The molecule has 2 aromatic carbocycles. The summed E-state index contributed by atoms with van der Waals surface area (Å²) in [6.45, 7) is 6.03. The third-order valence-electron chi connectivity index (χ3n) is 4.23. The molecule has 1 N–H and O–H groups in total. The Hall–Kier alpha value is -3.06. The van der Waals surface area contributed by atoms with Crippen LogP contribution in [0, 0.1) is 0 Å². The Balaban J connectivity index is 1.87. The van der Waals surface area contributed by atoms with Crippen LogP contribution in [0.25, 0.3) is 0 Å². The van der Waals surface area contributed by atoms with Crippen LogP contribution in [0.3, 0.4) is 0 Å². The van der Waals surface area contributed by atoms with Gasteiger partial charge in [-0.2, -0.15) is 0 Å². The predicted molar refractivity (Wildman–Crippen MR) is 115 cm³/mol. The predicted octanol–water partition coefficient (Wildman–Crippen LogP) is 3.77. The number of carbonyl (C=O) groups excluding carboxylic acids is 3. The monoisotopic (exact) mass is 432 g/mol. The second-order valence-electron chi connectivity index (χ2n) is 6.43. The maximum absolute atomic E-state index is 12.4. The molecule has 2 rings (SSSR count). The molecule has 30 heavy (non-hydrogen) atoms. The van der Waals surface area contributed by atoms with Crippen molar-refractivity contribution in [1.29, 1.82) is 0 Å². The first-order valence-corrected chi connectivity index (χ1v) is 9.99. The SMILES string of the molecule is CCN(CC)C(=O)c1cccc(NC(=O)COC(=O)C(C)Oc2cccc(Cl)c2)c1. The molecular formula is C22H25ClN2O5. The molecule has 0 aromatic heterocycles. The largest absolute Gasteiger partial charge is 0.479 e.